The molecule has 0 fully saturated rings. The number of ether oxygens (including phenoxy) is 2. The fraction of sp³-hybridized carbons (Fsp3) is 0.120. The van der Waals surface area contributed by atoms with Crippen molar-refractivity contribution in [2.24, 2.45) is 0 Å². The Labute approximate surface area is 201 Å². The smallest absolute Gasteiger partial charge is 0.266 e. The van der Waals surface area contributed by atoms with E-state index in [1.165, 1.54) is 25.3 Å². The summed E-state index contributed by atoms with van der Waals surface area (Å²) in [6.45, 7) is 1.76. The quantitative estimate of drug-likeness (QED) is 0.303. The van der Waals surface area contributed by atoms with Crippen LogP contribution in [0.25, 0.3) is 6.08 Å². The Morgan fingerprint density at radius 2 is 1.94 bits per heavy atom. The number of methoxy groups -OCH3 is 1. The Kier molecular flexibility index (Phi) is 7.94. The summed E-state index contributed by atoms with van der Waals surface area (Å²) in [6, 6.07) is 16.3. The second kappa shape index (κ2) is 10.9. The Morgan fingerprint density at radius 3 is 2.64 bits per heavy atom. The van der Waals surface area contributed by atoms with E-state index in [9.17, 15) is 14.4 Å². The van der Waals surface area contributed by atoms with Crippen molar-refractivity contribution < 1.29 is 18.7 Å². The van der Waals surface area contributed by atoms with Gasteiger partial charge in [0.25, 0.3) is 5.91 Å². The van der Waals surface area contributed by atoms with Crippen molar-refractivity contribution in [1.82, 2.24) is 0 Å². The van der Waals surface area contributed by atoms with Crippen LogP contribution in [0.15, 0.2) is 60.2 Å². The van der Waals surface area contributed by atoms with Gasteiger partial charge in [-0.2, -0.15) is 5.26 Å². The summed E-state index contributed by atoms with van der Waals surface area (Å²) in [7, 11) is 1.43. The van der Waals surface area contributed by atoms with E-state index in [0.29, 0.717) is 21.8 Å². The first kappa shape index (κ1) is 24.1. The molecule has 1 N–H and O–H groups in total. The fourth-order valence-electron chi connectivity index (χ4n) is 2.96. The van der Waals surface area contributed by atoms with Gasteiger partial charge in [0.15, 0.2) is 11.5 Å². The lowest BCUT2D eigenvalue weighted by molar-refractivity contribution is -0.112. The predicted octanol–water partition coefficient (Wildman–Crippen LogP) is 6.57. The predicted molar refractivity (Wildman–Crippen MR) is 127 cm³/mol. The molecule has 0 radical (unpaired) electrons. The average molecular weight is 485 g/mol. The van der Waals surface area contributed by atoms with Crippen LogP contribution in [0.3, 0.4) is 0 Å². The molecule has 0 aliphatic carbocycles. The molecule has 5 nitrogen and oxygen atoms in total. The molecule has 0 bridgehead atoms. The summed E-state index contributed by atoms with van der Waals surface area (Å²) in [5.41, 5.74) is 1.96. The second-order valence-corrected chi connectivity index (χ2v) is 7.84. The van der Waals surface area contributed by atoms with E-state index in [-0.39, 0.29) is 28.7 Å². The van der Waals surface area contributed by atoms with Crippen molar-refractivity contribution in [3.05, 3.63) is 92.7 Å². The highest BCUT2D eigenvalue weighted by molar-refractivity contribution is 6.32. The largest absolute Gasteiger partial charge is 0.493 e. The van der Waals surface area contributed by atoms with Crippen molar-refractivity contribution in [3.8, 4) is 17.6 Å². The number of nitrogens with zero attached hydrogens (tertiary/aromatic N) is 1. The number of amides is 1. The number of aryl methyl sites for hydroxylation is 1. The van der Waals surface area contributed by atoms with Gasteiger partial charge in [-0.3, -0.25) is 4.79 Å². The first-order chi connectivity index (χ1) is 15.8. The van der Waals surface area contributed by atoms with Crippen LogP contribution in [-0.2, 0) is 11.4 Å². The third-order valence-corrected chi connectivity index (χ3v) is 5.22. The van der Waals surface area contributed by atoms with Crippen LogP contribution in [0.2, 0.25) is 10.0 Å². The molecule has 3 aromatic carbocycles. The number of carbonyl (C=O) groups is 1. The summed E-state index contributed by atoms with van der Waals surface area (Å²) in [5.74, 6) is -0.504. The maximum absolute atomic E-state index is 13.9. The number of hydrogen-bond donors (Lipinski definition) is 1. The fourth-order valence-corrected chi connectivity index (χ4v) is 3.41. The Morgan fingerprint density at radius 1 is 1.18 bits per heavy atom. The summed E-state index contributed by atoms with van der Waals surface area (Å²) in [4.78, 5) is 12.6. The first-order valence-corrected chi connectivity index (χ1v) is 10.5. The number of hydrogen-bond acceptors (Lipinski definition) is 4. The lowest BCUT2D eigenvalue weighted by Crippen LogP contribution is -2.14. The lowest BCUT2D eigenvalue weighted by Gasteiger charge is -2.14. The van der Waals surface area contributed by atoms with Gasteiger partial charge in [-0.05, 0) is 54.5 Å². The molecule has 8 heteroatoms. The number of nitrogens with one attached hydrogen (secondary N) is 1. The minimum atomic E-state index is -0.599. The van der Waals surface area contributed by atoms with Crippen molar-refractivity contribution in [1.29, 1.82) is 5.26 Å². The molecular formula is C25H19Cl2FN2O3. The van der Waals surface area contributed by atoms with Gasteiger partial charge < -0.3 is 14.8 Å². The summed E-state index contributed by atoms with van der Waals surface area (Å²) < 4.78 is 24.9. The number of anilines is 1. The maximum atomic E-state index is 13.9. The van der Waals surface area contributed by atoms with Gasteiger partial charge in [-0.1, -0.05) is 47.5 Å². The molecule has 3 aromatic rings. The molecule has 0 spiro atoms. The second-order valence-electron chi connectivity index (χ2n) is 7.00. The molecule has 0 aliphatic heterocycles. The number of nitriles is 1. The van der Waals surface area contributed by atoms with Gasteiger partial charge in [-0.15, -0.1) is 0 Å². The summed E-state index contributed by atoms with van der Waals surface area (Å²) in [5, 5.41) is 12.8. The zero-order chi connectivity index (χ0) is 24.0. The molecule has 0 unspecified atom stereocenters. The number of rotatable bonds is 7. The highest BCUT2D eigenvalue weighted by Gasteiger charge is 2.16. The van der Waals surface area contributed by atoms with Crippen LogP contribution < -0.4 is 14.8 Å². The molecular weight excluding hydrogens is 466 g/mol. The van der Waals surface area contributed by atoms with Crippen LogP contribution in [0.5, 0.6) is 11.5 Å². The summed E-state index contributed by atoms with van der Waals surface area (Å²) in [6.07, 6.45) is 1.38. The van der Waals surface area contributed by atoms with Crippen molar-refractivity contribution >= 4 is 40.9 Å². The van der Waals surface area contributed by atoms with Crippen LogP contribution >= 0.6 is 23.2 Å². The standard InChI is InChI=1S/C25H19Cl2FN2O3/c1-15-7-8-19(26)12-22(15)30-25(31)18(13-29)9-16-10-20(27)24(23(11-16)32-2)33-14-17-5-3-4-6-21(17)28/h3-12H,14H2,1-2H3,(H,30,31)/b18-9+. The third kappa shape index (κ3) is 6.04. The molecule has 3 rings (SSSR count). The Bertz CT molecular complexity index is 1270. The monoisotopic (exact) mass is 484 g/mol. The normalized spacial score (nSPS) is 11.0. The van der Waals surface area contributed by atoms with E-state index >= 15 is 0 Å². The molecule has 0 heterocycles. The minimum Gasteiger partial charge on any atom is -0.493 e. The van der Waals surface area contributed by atoms with Crippen LogP contribution in [0.4, 0.5) is 10.1 Å². The van der Waals surface area contributed by atoms with Crippen molar-refractivity contribution in [2.45, 2.75) is 13.5 Å². The van der Waals surface area contributed by atoms with Gasteiger partial charge in [0.05, 0.1) is 12.1 Å². The van der Waals surface area contributed by atoms with E-state index in [0.717, 1.165) is 5.56 Å². The zero-order valence-corrected chi connectivity index (χ0v) is 19.3. The highest BCUT2D eigenvalue weighted by atomic mass is 35.5. The molecule has 33 heavy (non-hydrogen) atoms. The van der Waals surface area contributed by atoms with Crippen molar-refractivity contribution in [3.63, 3.8) is 0 Å². The molecule has 0 atom stereocenters. The molecule has 0 aliphatic rings. The van der Waals surface area contributed by atoms with Gasteiger partial charge in [0, 0.05) is 16.3 Å². The van der Waals surface area contributed by atoms with Crippen LogP contribution in [0.1, 0.15) is 16.7 Å². The SMILES string of the molecule is COc1cc(/C=C(\C#N)C(=O)Nc2cc(Cl)ccc2C)cc(Cl)c1OCc1ccccc1F. The maximum Gasteiger partial charge on any atom is 0.266 e. The van der Waals surface area contributed by atoms with Gasteiger partial charge in [-0.25, -0.2) is 4.39 Å². The van der Waals surface area contributed by atoms with Gasteiger partial charge in [0.1, 0.15) is 24.1 Å². The van der Waals surface area contributed by atoms with Crippen molar-refractivity contribution in [2.75, 3.05) is 12.4 Å². The number of halogens is 3. The van der Waals surface area contributed by atoms with Gasteiger partial charge >= 0.3 is 0 Å². The van der Waals surface area contributed by atoms with E-state index in [1.54, 1.807) is 42.5 Å². The Balaban J connectivity index is 1.85. The molecule has 0 saturated carbocycles. The molecule has 0 aromatic heterocycles. The van der Waals surface area contributed by atoms with E-state index in [2.05, 4.69) is 5.32 Å². The zero-order valence-electron chi connectivity index (χ0n) is 17.8. The van der Waals surface area contributed by atoms with E-state index in [4.69, 9.17) is 32.7 Å². The average Bonchev–Trinajstić information content (AvgIpc) is 2.79. The highest BCUT2D eigenvalue weighted by Crippen LogP contribution is 2.37. The summed E-state index contributed by atoms with van der Waals surface area (Å²) >= 11 is 12.4. The molecule has 0 saturated heterocycles. The van der Waals surface area contributed by atoms with Gasteiger partial charge in [0.2, 0.25) is 0 Å². The molecule has 168 valence electrons. The third-order valence-electron chi connectivity index (χ3n) is 4.71. The first-order valence-electron chi connectivity index (χ1n) is 9.75. The topological polar surface area (TPSA) is 71.3 Å². The van der Waals surface area contributed by atoms with Crippen LogP contribution in [-0.4, -0.2) is 13.0 Å². The molecule has 1 amide bonds. The van der Waals surface area contributed by atoms with E-state index < -0.39 is 11.7 Å². The lowest BCUT2D eigenvalue weighted by atomic mass is 10.1. The minimum absolute atomic E-state index is 0.0528. The van der Waals surface area contributed by atoms with Crippen LogP contribution in [0, 0.1) is 24.1 Å². The number of carbonyl (C=O) groups excluding carboxylic acids is 1. The van der Waals surface area contributed by atoms with E-state index in [1.807, 2.05) is 13.0 Å². The Hall–Kier alpha value is -3.53. The number of benzene rings is 3.